The monoisotopic (exact) mass is 254 g/mol. The van der Waals surface area contributed by atoms with Gasteiger partial charge in [0.25, 0.3) is 0 Å². The Labute approximate surface area is 107 Å². The highest BCUT2D eigenvalue weighted by Gasteiger charge is 2.38. The number of carbonyl (C=O) groups excluding carboxylic acids is 1. The van der Waals surface area contributed by atoms with Crippen LogP contribution in [0, 0.1) is 17.8 Å². The van der Waals surface area contributed by atoms with Gasteiger partial charge in [-0.25, -0.2) is 4.79 Å². The maximum atomic E-state index is 11.3. The van der Waals surface area contributed by atoms with E-state index in [0.29, 0.717) is 6.54 Å². The van der Waals surface area contributed by atoms with Gasteiger partial charge in [0.05, 0.1) is 6.42 Å². The van der Waals surface area contributed by atoms with Gasteiger partial charge in [-0.3, -0.25) is 4.79 Å². The first-order valence-corrected chi connectivity index (χ1v) is 6.88. The molecule has 2 saturated carbocycles. The van der Waals surface area contributed by atoms with Crippen LogP contribution in [0.1, 0.15) is 38.5 Å². The third-order valence-corrected chi connectivity index (χ3v) is 4.31. The Morgan fingerprint density at radius 2 is 1.89 bits per heavy atom. The summed E-state index contributed by atoms with van der Waals surface area (Å²) >= 11 is 0. The summed E-state index contributed by atoms with van der Waals surface area (Å²) in [6.07, 6.45) is 6.56. The number of hydrogen-bond acceptors (Lipinski definition) is 2. The van der Waals surface area contributed by atoms with E-state index in [1.807, 2.05) is 0 Å². The van der Waals surface area contributed by atoms with Crippen molar-refractivity contribution in [2.45, 2.75) is 38.5 Å². The lowest BCUT2D eigenvalue weighted by atomic mass is 9.86. The Balaban J connectivity index is 1.52. The van der Waals surface area contributed by atoms with E-state index in [0.717, 1.165) is 24.2 Å². The van der Waals surface area contributed by atoms with Gasteiger partial charge in [0, 0.05) is 13.1 Å². The van der Waals surface area contributed by atoms with Crippen LogP contribution in [0.2, 0.25) is 0 Å². The third-order valence-electron chi connectivity index (χ3n) is 4.31. The van der Waals surface area contributed by atoms with Crippen LogP contribution in [0.3, 0.4) is 0 Å². The molecular formula is C13H22N2O3. The molecule has 3 unspecified atom stereocenters. The predicted octanol–water partition coefficient (Wildman–Crippen LogP) is 1.59. The molecule has 2 aliphatic rings. The number of carboxylic acids is 1. The fourth-order valence-electron chi connectivity index (χ4n) is 3.45. The summed E-state index contributed by atoms with van der Waals surface area (Å²) in [4.78, 5) is 21.6. The average molecular weight is 254 g/mol. The number of amides is 2. The number of fused-ring (bicyclic) bond motifs is 2. The summed E-state index contributed by atoms with van der Waals surface area (Å²) in [5.41, 5.74) is 0. The number of aliphatic carboxylic acids is 1. The van der Waals surface area contributed by atoms with Crippen LogP contribution in [0.5, 0.6) is 0 Å². The normalized spacial score (nSPS) is 29.2. The van der Waals surface area contributed by atoms with Gasteiger partial charge >= 0.3 is 12.0 Å². The van der Waals surface area contributed by atoms with E-state index in [-0.39, 0.29) is 19.0 Å². The van der Waals surface area contributed by atoms with Crippen molar-refractivity contribution in [1.29, 1.82) is 0 Å². The van der Waals surface area contributed by atoms with Crippen molar-refractivity contribution in [3.8, 4) is 0 Å². The van der Waals surface area contributed by atoms with Crippen molar-refractivity contribution < 1.29 is 14.7 Å². The number of nitrogens with one attached hydrogen (secondary N) is 2. The third kappa shape index (κ3) is 3.62. The Hall–Kier alpha value is -1.26. The highest BCUT2D eigenvalue weighted by Crippen LogP contribution is 2.49. The molecule has 0 saturated heterocycles. The maximum Gasteiger partial charge on any atom is 0.314 e. The molecule has 2 bridgehead atoms. The average Bonchev–Trinajstić information content (AvgIpc) is 2.90. The zero-order chi connectivity index (χ0) is 13.0. The second kappa shape index (κ2) is 6.07. The van der Waals surface area contributed by atoms with Crippen molar-refractivity contribution in [3.05, 3.63) is 0 Å². The van der Waals surface area contributed by atoms with Gasteiger partial charge in [-0.1, -0.05) is 6.42 Å². The minimum atomic E-state index is -0.891. The first kappa shape index (κ1) is 13.2. The van der Waals surface area contributed by atoms with Crippen LogP contribution >= 0.6 is 0 Å². The van der Waals surface area contributed by atoms with E-state index in [4.69, 9.17) is 5.11 Å². The zero-order valence-electron chi connectivity index (χ0n) is 10.7. The maximum absolute atomic E-state index is 11.3. The lowest BCUT2D eigenvalue weighted by Crippen LogP contribution is -2.37. The topological polar surface area (TPSA) is 78.4 Å². The number of carboxylic acid groups (broad SMARTS) is 1. The first-order chi connectivity index (χ1) is 8.65. The molecule has 2 fully saturated rings. The molecule has 5 nitrogen and oxygen atoms in total. The van der Waals surface area contributed by atoms with Gasteiger partial charge in [0.1, 0.15) is 0 Å². The molecule has 3 N–H and O–H groups in total. The standard InChI is InChI=1S/C13H22N2O3/c16-12(17)4-6-15-13(18)14-5-3-11-8-9-1-2-10(11)7-9/h9-11H,1-8H2,(H,16,17)(H2,14,15,18). The Bertz CT molecular complexity index is 319. The molecule has 5 heteroatoms. The van der Waals surface area contributed by atoms with E-state index in [9.17, 15) is 9.59 Å². The van der Waals surface area contributed by atoms with Gasteiger partial charge in [-0.05, 0) is 43.4 Å². The molecule has 2 rings (SSSR count). The molecule has 0 aromatic carbocycles. The van der Waals surface area contributed by atoms with Crippen molar-refractivity contribution in [1.82, 2.24) is 10.6 Å². The highest BCUT2D eigenvalue weighted by atomic mass is 16.4. The van der Waals surface area contributed by atoms with Crippen molar-refractivity contribution in [2.75, 3.05) is 13.1 Å². The second-order valence-corrected chi connectivity index (χ2v) is 5.55. The van der Waals surface area contributed by atoms with Crippen molar-refractivity contribution in [3.63, 3.8) is 0 Å². The summed E-state index contributed by atoms with van der Waals surface area (Å²) in [6.45, 7) is 0.891. The SMILES string of the molecule is O=C(O)CCNC(=O)NCCC1CC2CCC1C2. The minimum Gasteiger partial charge on any atom is -0.481 e. The molecule has 3 atom stereocenters. The fraction of sp³-hybridized carbons (Fsp3) is 0.846. The molecule has 0 aliphatic heterocycles. The fourth-order valence-corrected chi connectivity index (χ4v) is 3.45. The number of hydrogen-bond donors (Lipinski definition) is 3. The van der Waals surface area contributed by atoms with E-state index in [1.54, 1.807) is 0 Å². The van der Waals surface area contributed by atoms with Crippen LogP contribution in [0.4, 0.5) is 4.79 Å². The van der Waals surface area contributed by atoms with Crippen LogP contribution in [0.25, 0.3) is 0 Å². The molecule has 2 aliphatic carbocycles. The molecule has 0 heterocycles. The predicted molar refractivity (Wildman–Crippen MR) is 67.2 cm³/mol. The minimum absolute atomic E-state index is 0.0280. The van der Waals surface area contributed by atoms with Crippen molar-refractivity contribution in [2.24, 2.45) is 17.8 Å². The Morgan fingerprint density at radius 3 is 2.50 bits per heavy atom. The van der Waals surface area contributed by atoms with Crippen LogP contribution in [0.15, 0.2) is 0 Å². The summed E-state index contributed by atoms with van der Waals surface area (Å²) in [7, 11) is 0. The molecule has 102 valence electrons. The van der Waals surface area contributed by atoms with E-state index < -0.39 is 5.97 Å². The van der Waals surface area contributed by atoms with Crippen LogP contribution in [-0.4, -0.2) is 30.2 Å². The molecule has 0 aromatic heterocycles. The van der Waals surface area contributed by atoms with Gasteiger partial charge in [-0.2, -0.15) is 0 Å². The largest absolute Gasteiger partial charge is 0.481 e. The van der Waals surface area contributed by atoms with Gasteiger partial charge in [0.2, 0.25) is 0 Å². The number of carbonyl (C=O) groups is 2. The summed E-state index contributed by atoms with van der Waals surface area (Å²) in [6, 6.07) is -0.251. The first-order valence-electron chi connectivity index (χ1n) is 6.88. The summed E-state index contributed by atoms with van der Waals surface area (Å²) < 4.78 is 0. The van der Waals surface area contributed by atoms with E-state index in [1.165, 1.54) is 25.7 Å². The highest BCUT2D eigenvalue weighted by molar-refractivity contribution is 5.74. The van der Waals surface area contributed by atoms with Gasteiger partial charge in [0.15, 0.2) is 0 Å². The summed E-state index contributed by atoms with van der Waals surface area (Å²) in [5, 5.41) is 13.8. The molecule has 0 radical (unpaired) electrons. The lowest BCUT2D eigenvalue weighted by Gasteiger charge is -2.21. The Kier molecular flexibility index (Phi) is 4.44. The van der Waals surface area contributed by atoms with Crippen molar-refractivity contribution >= 4 is 12.0 Å². The van der Waals surface area contributed by atoms with E-state index >= 15 is 0 Å². The van der Waals surface area contributed by atoms with Crippen LogP contribution in [-0.2, 0) is 4.79 Å². The molecular weight excluding hydrogens is 232 g/mol. The van der Waals surface area contributed by atoms with Gasteiger partial charge in [-0.15, -0.1) is 0 Å². The number of rotatable bonds is 6. The summed E-state index contributed by atoms with van der Waals surface area (Å²) in [5.74, 6) is 1.75. The molecule has 2 amide bonds. The quantitative estimate of drug-likeness (QED) is 0.673. The van der Waals surface area contributed by atoms with Gasteiger partial charge < -0.3 is 15.7 Å². The molecule has 0 aromatic rings. The number of urea groups is 1. The zero-order valence-corrected chi connectivity index (χ0v) is 10.7. The Morgan fingerprint density at radius 1 is 1.11 bits per heavy atom. The van der Waals surface area contributed by atoms with Crippen LogP contribution < -0.4 is 10.6 Å². The lowest BCUT2D eigenvalue weighted by molar-refractivity contribution is -0.136. The molecule has 18 heavy (non-hydrogen) atoms. The smallest absolute Gasteiger partial charge is 0.314 e. The molecule has 0 spiro atoms. The van der Waals surface area contributed by atoms with E-state index in [2.05, 4.69) is 10.6 Å². The second-order valence-electron chi connectivity index (χ2n) is 5.55.